The van der Waals surface area contributed by atoms with E-state index >= 15 is 0 Å². The first kappa shape index (κ1) is 17.3. The van der Waals surface area contributed by atoms with E-state index in [0.29, 0.717) is 48.0 Å². The van der Waals surface area contributed by atoms with Gasteiger partial charge in [-0.05, 0) is 37.2 Å². The van der Waals surface area contributed by atoms with Crippen molar-refractivity contribution < 1.29 is 9.53 Å². The number of halogens is 1. The van der Waals surface area contributed by atoms with Crippen molar-refractivity contribution in [2.45, 2.75) is 13.3 Å². The third-order valence-electron chi connectivity index (χ3n) is 3.03. The molecule has 0 spiro atoms. The normalized spacial score (nSPS) is 10.2. The van der Waals surface area contributed by atoms with Crippen molar-refractivity contribution in [3.63, 3.8) is 0 Å². The number of carbonyl (C=O) groups excluding carboxylic acids is 1. The summed E-state index contributed by atoms with van der Waals surface area (Å²) in [6.45, 7) is 7.39. The molecule has 21 heavy (non-hydrogen) atoms. The first-order valence-electron chi connectivity index (χ1n) is 6.76. The van der Waals surface area contributed by atoms with Crippen molar-refractivity contribution in [3.8, 4) is 18.1 Å². The molecule has 0 radical (unpaired) electrons. The molecule has 112 valence electrons. The monoisotopic (exact) mass is 305 g/mol. The fourth-order valence-electron chi connectivity index (χ4n) is 1.67. The molecule has 0 aromatic heterocycles. The smallest absolute Gasteiger partial charge is 0.188 e. The Kier molecular flexibility index (Phi) is 7.01. The summed E-state index contributed by atoms with van der Waals surface area (Å²) in [4.78, 5) is 14.0. The Morgan fingerprint density at radius 3 is 2.81 bits per heavy atom. The third-order valence-corrected chi connectivity index (χ3v) is 3.33. The van der Waals surface area contributed by atoms with Crippen LogP contribution in [-0.2, 0) is 0 Å². The van der Waals surface area contributed by atoms with E-state index in [1.165, 1.54) is 0 Å². The SMILES string of the molecule is C#CCN(C)CCOc1ccc(C(=O)C(=C)CC)cc1Cl. The van der Waals surface area contributed by atoms with Gasteiger partial charge in [0.15, 0.2) is 5.78 Å². The quantitative estimate of drug-likeness (QED) is 0.419. The fraction of sp³-hybridized carbons (Fsp3) is 0.353. The lowest BCUT2D eigenvalue weighted by atomic mass is 10.0. The van der Waals surface area contributed by atoms with Crippen molar-refractivity contribution in [1.82, 2.24) is 4.90 Å². The van der Waals surface area contributed by atoms with Crippen LogP contribution >= 0.6 is 11.6 Å². The van der Waals surface area contributed by atoms with Gasteiger partial charge in [0.05, 0.1) is 11.6 Å². The zero-order chi connectivity index (χ0) is 15.8. The second kappa shape index (κ2) is 8.51. The predicted molar refractivity (Wildman–Crippen MR) is 87.0 cm³/mol. The topological polar surface area (TPSA) is 29.5 Å². The van der Waals surface area contributed by atoms with E-state index in [4.69, 9.17) is 22.8 Å². The number of hydrogen-bond acceptors (Lipinski definition) is 3. The summed E-state index contributed by atoms with van der Waals surface area (Å²) >= 11 is 6.14. The van der Waals surface area contributed by atoms with E-state index in [2.05, 4.69) is 12.5 Å². The largest absolute Gasteiger partial charge is 0.491 e. The molecular weight excluding hydrogens is 286 g/mol. The molecule has 0 aliphatic heterocycles. The predicted octanol–water partition coefficient (Wildman–Crippen LogP) is 3.43. The minimum Gasteiger partial charge on any atom is -0.491 e. The maximum absolute atomic E-state index is 12.0. The summed E-state index contributed by atoms with van der Waals surface area (Å²) in [6, 6.07) is 5.03. The van der Waals surface area contributed by atoms with Gasteiger partial charge >= 0.3 is 0 Å². The lowest BCUT2D eigenvalue weighted by Crippen LogP contribution is -2.24. The Balaban J connectivity index is 2.65. The summed E-state index contributed by atoms with van der Waals surface area (Å²) in [5.74, 6) is 3.04. The Hall–Kier alpha value is -1.76. The van der Waals surface area contributed by atoms with E-state index in [1.54, 1.807) is 18.2 Å². The van der Waals surface area contributed by atoms with Crippen molar-refractivity contribution in [2.75, 3.05) is 26.7 Å². The maximum atomic E-state index is 12.0. The lowest BCUT2D eigenvalue weighted by molar-refractivity contribution is 0.103. The van der Waals surface area contributed by atoms with Gasteiger partial charge in [-0.2, -0.15) is 0 Å². The summed E-state index contributed by atoms with van der Waals surface area (Å²) in [6.07, 6.45) is 5.85. The summed E-state index contributed by atoms with van der Waals surface area (Å²) < 4.78 is 5.60. The van der Waals surface area contributed by atoms with Gasteiger partial charge in [-0.1, -0.05) is 31.0 Å². The minimum atomic E-state index is -0.0836. The second-order valence-electron chi connectivity index (χ2n) is 4.72. The highest BCUT2D eigenvalue weighted by Gasteiger charge is 2.11. The molecule has 1 rings (SSSR count). The standard InChI is InChI=1S/C17H20ClNO2/c1-5-9-19(4)10-11-21-16-8-7-14(12-15(16)18)17(20)13(3)6-2/h1,7-8,12H,3,6,9-11H2,2,4H3. The molecule has 0 N–H and O–H groups in total. The number of Topliss-reactive ketones (excluding diaryl/α,β-unsaturated/α-hetero) is 1. The van der Waals surface area contributed by atoms with E-state index in [0.717, 1.165) is 0 Å². The number of carbonyl (C=O) groups is 1. The highest BCUT2D eigenvalue weighted by molar-refractivity contribution is 6.32. The van der Waals surface area contributed by atoms with Gasteiger partial charge in [-0.15, -0.1) is 6.42 Å². The Morgan fingerprint density at radius 1 is 1.52 bits per heavy atom. The Morgan fingerprint density at radius 2 is 2.24 bits per heavy atom. The van der Waals surface area contributed by atoms with Crippen LogP contribution in [0.4, 0.5) is 0 Å². The van der Waals surface area contributed by atoms with Gasteiger partial charge in [0, 0.05) is 12.1 Å². The molecule has 0 amide bonds. The Labute approximate surface area is 131 Å². The molecule has 0 aliphatic rings. The lowest BCUT2D eigenvalue weighted by Gasteiger charge is -2.14. The van der Waals surface area contributed by atoms with Gasteiger partial charge in [0.2, 0.25) is 0 Å². The number of allylic oxidation sites excluding steroid dienone is 1. The molecule has 4 heteroatoms. The van der Waals surface area contributed by atoms with Crippen molar-refractivity contribution >= 4 is 17.4 Å². The number of ketones is 1. The number of ether oxygens (including phenoxy) is 1. The first-order chi connectivity index (χ1) is 9.99. The summed E-state index contributed by atoms with van der Waals surface area (Å²) in [5.41, 5.74) is 1.10. The van der Waals surface area contributed by atoms with Crippen LogP contribution in [0.2, 0.25) is 5.02 Å². The van der Waals surface area contributed by atoms with E-state index < -0.39 is 0 Å². The zero-order valence-corrected chi connectivity index (χ0v) is 13.2. The average molecular weight is 306 g/mol. The molecule has 0 saturated heterocycles. The van der Waals surface area contributed by atoms with Gasteiger partial charge in [0.1, 0.15) is 12.4 Å². The molecule has 0 saturated carbocycles. The number of terminal acetylenes is 1. The van der Waals surface area contributed by atoms with Gasteiger partial charge < -0.3 is 4.74 Å². The number of nitrogens with zero attached hydrogens (tertiary/aromatic N) is 1. The zero-order valence-electron chi connectivity index (χ0n) is 12.5. The maximum Gasteiger partial charge on any atom is 0.188 e. The van der Waals surface area contributed by atoms with Crippen molar-refractivity contribution in [1.29, 1.82) is 0 Å². The number of hydrogen-bond donors (Lipinski definition) is 0. The van der Waals surface area contributed by atoms with Gasteiger partial charge in [-0.25, -0.2) is 0 Å². The second-order valence-corrected chi connectivity index (χ2v) is 5.13. The molecule has 0 bridgehead atoms. The van der Waals surface area contributed by atoms with Crippen molar-refractivity contribution in [2.24, 2.45) is 0 Å². The fourth-order valence-corrected chi connectivity index (χ4v) is 1.91. The summed E-state index contributed by atoms with van der Waals surface area (Å²) in [5, 5.41) is 0.421. The van der Waals surface area contributed by atoms with Crippen LogP contribution in [0.15, 0.2) is 30.4 Å². The van der Waals surface area contributed by atoms with E-state index in [-0.39, 0.29) is 5.78 Å². The van der Waals surface area contributed by atoms with Crippen LogP contribution in [0.3, 0.4) is 0 Å². The third kappa shape index (κ3) is 5.26. The molecular formula is C17H20ClNO2. The van der Waals surface area contributed by atoms with Gasteiger partial charge in [-0.3, -0.25) is 9.69 Å². The number of likely N-dealkylation sites (N-methyl/N-ethyl adjacent to an activating group) is 1. The number of benzene rings is 1. The van der Waals surface area contributed by atoms with Gasteiger partial charge in [0.25, 0.3) is 0 Å². The number of rotatable bonds is 8. The van der Waals surface area contributed by atoms with E-state index in [9.17, 15) is 4.79 Å². The van der Waals surface area contributed by atoms with Crippen LogP contribution in [0.5, 0.6) is 5.75 Å². The summed E-state index contributed by atoms with van der Waals surface area (Å²) in [7, 11) is 1.92. The molecule has 0 fully saturated rings. The average Bonchev–Trinajstić information content (AvgIpc) is 2.47. The molecule has 0 atom stereocenters. The molecule has 1 aromatic carbocycles. The molecule has 0 aliphatic carbocycles. The van der Waals surface area contributed by atoms with Crippen molar-refractivity contribution in [3.05, 3.63) is 40.9 Å². The highest BCUT2D eigenvalue weighted by Crippen LogP contribution is 2.26. The molecule has 0 heterocycles. The van der Waals surface area contributed by atoms with Crippen LogP contribution in [0.1, 0.15) is 23.7 Å². The van der Waals surface area contributed by atoms with Crippen LogP contribution < -0.4 is 4.74 Å². The van der Waals surface area contributed by atoms with Crippen LogP contribution in [-0.4, -0.2) is 37.4 Å². The Bertz CT molecular complexity index is 560. The highest BCUT2D eigenvalue weighted by atomic mass is 35.5. The molecule has 1 aromatic rings. The minimum absolute atomic E-state index is 0.0836. The molecule has 0 unspecified atom stereocenters. The molecule has 3 nitrogen and oxygen atoms in total. The van der Waals surface area contributed by atoms with Crippen LogP contribution in [0, 0.1) is 12.3 Å². The van der Waals surface area contributed by atoms with Crippen LogP contribution in [0.25, 0.3) is 0 Å². The van der Waals surface area contributed by atoms with E-state index in [1.807, 2.05) is 18.9 Å². The first-order valence-corrected chi connectivity index (χ1v) is 7.14.